The van der Waals surface area contributed by atoms with Gasteiger partial charge in [0.15, 0.2) is 0 Å². The maximum atomic E-state index is 11.2. The number of aliphatic hydroxyl groups is 1. The molecule has 0 bridgehead atoms. The van der Waals surface area contributed by atoms with Crippen LogP contribution in [-0.2, 0) is 20.0 Å². The van der Waals surface area contributed by atoms with E-state index in [1.54, 1.807) is 0 Å². The molecule has 0 aliphatic rings. The highest BCUT2D eigenvalue weighted by Gasteiger charge is 2.59. The van der Waals surface area contributed by atoms with Gasteiger partial charge in [-0.1, -0.05) is 32.6 Å². The Morgan fingerprint density at radius 3 is 1.77 bits per heavy atom. The average Bonchev–Trinajstić information content (AvgIpc) is 2.37. The molecule has 1 unspecified atom stereocenters. The van der Waals surface area contributed by atoms with Crippen LogP contribution in [0.1, 0.15) is 51.9 Å². The molecule has 10 heteroatoms. The summed E-state index contributed by atoms with van der Waals surface area (Å²) in [5, 5.41) is 6.52. The van der Waals surface area contributed by atoms with E-state index in [1.807, 2.05) is 6.26 Å². The SMILES string of the molecule is CCCCCCCC[S+](C)CCC(O)(P(=O)(O)O)P(=O)(O)O. The molecule has 0 aromatic heterocycles. The lowest BCUT2D eigenvalue weighted by atomic mass is 10.1. The van der Waals surface area contributed by atoms with Gasteiger partial charge in [-0.05, 0) is 23.7 Å². The fourth-order valence-corrected chi connectivity index (χ4v) is 6.01. The Balaban J connectivity index is 4.28. The average molecular weight is 379 g/mol. The van der Waals surface area contributed by atoms with Gasteiger partial charge in [0.1, 0.15) is 11.5 Å². The second-order valence-electron chi connectivity index (χ2n) is 5.57. The van der Waals surface area contributed by atoms with Gasteiger partial charge in [0.2, 0.25) is 0 Å². The smallest absolute Gasteiger partial charge is 0.367 e. The Kier molecular flexibility index (Phi) is 10.1. The quantitative estimate of drug-likeness (QED) is 0.199. The second-order valence-corrected chi connectivity index (χ2v) is 12.0. The summed E-state index contributed by atoms with van der Waals surface area (Å²) in [5.74, 6) is 1.02. The minimum absolute atomic E-state index is 0.182. The molecule has 0 saturated carbocycles. The third-order valence-corrected chi connectivity index (χ3v) is 9.33. The standard InChI is InChI=1S/C12H28O7P2S/c1-3-4-5-6-7-8-10-22(2)11-9-12(13,20(14,15)16)21(17,18)19/h13H,3-11H2,1-2H3,(H3-,14,15,16,17,18,19)/p+1. The number of unbranched alkanes of at least 4 members (excludes halogenated alkanes) is 5. The molecule has 22 heavy (non-hydrogen) atoms. The van der Waals surface area contributed by atoms with E-state index in [9.17, 15) is 14.2 Å². The van der Waals surface area contributed by atoms with E-state index in [2.05, 4.69) is 6.92 Å². The molecule has 0 fully saturated rings. The highest BCUT2D eigenvalue weighted by molar-refractivity contribution is 7.96. The maximum absolute atomic E-state index is 11.2. The molecule has 134 valence electrons. The number of rotatable bonds is 12. The molecule has 0 aromatic rings. The number of hydrogen-bond donors (Lipinski definition) is 5. The fraction of sp³-hybridized carbons (Fsp3) is 1.00. The molecule has 0 radical (unpaired) electrons. The van der Waals surface area contributed by atoms with Crippen LogP contribution in [0.3, 0.4) is 0 Å². The van der Waals surface area contributed by atoms with E-state index in [0.29, 0.717) is 0 Å². The number of hydrogen-bond acceptors (Lipinski definition) is 3. The van der Waals surface area contributed by atoms with Crippen molar-refractivity contribution in [2.75, 3.05) is 17.8 Å². The Morgan fingerprint density at radius 1 is 0.864 bits per heavy atom. The lowest BCUT2D eigenvalue weighted by Crippen LogP contribution is -2.31. The zero-order valence-corrected chi connectivity index (χ0v) is 15.8. The minimum Gasteiger partial charge on any atom is -0.367 e. The molecule has 0 amide bonds. The van der Waals surface area contributed by atoms with Gasteiger partial charge in [-0.15, -0.1) is 0 Å². The van der Waals surface area contributed by atoms with Crippen molar-refractivity contribution in [1.29, 1.82) is 0 Å². The van der Waals surface area contributed by atoms with Gasteiger partial charge >= 0.3 is 15.2 Å². The van der Waals surface area contributed by atoms with Crippen LogP contribution < -0.4 is 0 Å². The highest BCUT2D eigenvalue weighted by atomic mass is 32.2. The van der Waals surface area contributed by atoms with Crippen LogP contribution in [0.4, 0.5) is 0 Å². The molecule has 5 N–H and O–H groups in total. The van der Waals surface area contributed by atoms with Gasteiger partial charge in [-0.3, -0.25) is 9.13 Å². The van der Waals surface area contributed by atoms with Crippen molar-refractivity contribution in [3.05, 3.63) is 0 Å². The van der Waals surface area contributed by atoms with Crippen LogP contribution in [-0.4, -0.2) is 47.5 Å². The predicted molar refractivity (Wildman–Crippen MR) is 90.1 cm³/mol. The molecule has 7 nitrogen and oxygen atoms in total. The third kappa shape index (κ3) is 7.45. The first-order chi connectivity index (χ1) is 9.95. The second kappa shape index (κ2) is 9.80. The molecular weight excluding hydrogens is 350 g/mol. The molecule has 0 rings (SSSR count). The predicted octanol–water partition coefficient (Wildman–Crippen LogP) is 1.99. The van der Waals surface area contributed by atoms with E-state index in [-0.39, 0.29) is 16.6 Å². The van der Waals surface area contributed by atoms with Gasteiger partial charge in [-0.2, -0.15) is 0 Å². The van der Waals surface area contributed by atoms with Gasteiger partial charge < -0.3 is 24.7 Å². The van der Waals surface area contributed by atoms with Crippen LogP contribution in [0.25, 0.3) is 0 Å². The molecule has 0 aliphatic heterocycles. The van der Waals surface area contributed by atoms with Crippen LogP contribution >= 0.6 is 15.2 Å². The Hall–Kier alpha value is 0.610. The summed E-state index contributed by atoms with van der Waals surface area (Å²) in [6, 6.07) is 0. The maximum Gasteiger partial charge on any atom is 0.369 e. The molecule has 0 saturated heterocycles. The Labute approximate surface area is 135 Å². The lowest BCUT2D eigenvalue weighted by Gasteiger charge is -2.28. The molecule has 0 spiro atoms. The minimum atomic E-state index is -5.31. The summed E-state index contributed by atoms with van der Waals surface area (Å²) in [4.78, 5) is 36.2. The van der Waals surface area contributed by atoms with Crippen molar-refractivity contribution in [3.63, 3.8) is 0 Å². The van der Waals surface area contributed by atoms with Crippen LogP contribution in [0.5, 0.6) is 0 Å². The zero-order chi connectivity index (χ0) is 17.4. The van der Waals surface area contributed by atoms with Gasteiger partial charge in [0.25, 0.3) is 5.08 Å². The normalized spacial score (nSPS) is 15.0. The van der Waals surface area contributed by atoms with E-state index < -0.39 is 26.7 Å². The Morgan fingerprint density at radius 2 is 1.32 bits per heavy atom. The zero-order valence-electron chi connectivity index (χ0n) is 13.2. The lowest BCUT2D eigenvalue weighted by molar-refractivity contribution is 0.128. The first kappa shape index (κ1) is 22.6. The van der Waals surface area contributed by atoms with E-state index in [0.717, 1.165) is 25.0 Å². The van der Waals surface area contributed by atoms with E-state index >= 15 is 0 Å². The molecule has 1 atom stereocenters. The summed E-state index contributed by atoms with van der Waals surface area (Å²) in [6.07, 6.45) is 8.09. The summed E-state index contributed by atoms with van der Waals surface area (Å²) < 4.78 is 22.5. The van der Waals surface area contributed by atoms with Crippen molar-refractivity contribution in [2.45, 2.75) is 57.0 Å². The molecule has 0 aliphatic carbocycles. The first-order valence-corrected chi connectivity index (χ1v) is 12.6. The van der Waals surface area contributed by atoms with Crippen molar-refractivity contribution >= 4 is 26.1 Å². The monoisotopic (exact) mass is 379 g/mol. The van der Waals surface area contributed by atoms with Crippen molar-refractivity contribution < 1.29 is 33.8 Å². The van der Waals surface area contributed by atoms with Crippen LogP contribution in [0.15, 0.2) is 0 Å². The summed E-state index contributed by atoms with van der Waals surface area (Å²) >= 11 is 0. The van der Waals surface area contributed by atoms with Gasteiger partial charge in [0, 0.05) is 6.42 Å². The summed E-state index contributed by atoms with van der Waals surface area (Å²) in [7, 11) is -10.9. The van der Waals surface area contributed by atoms with Crippen molar-refractivity contribution in [1.82, 2.24) is 0 Å². The van der Waals surface area contributed by atoms with Gasteiger partial charge in [-0.25, -0.2) is 0 Å². The third-order valence-electron chi connectivity index (χ3n) is 3.57. The fourth-order valence-electron chi connectivity index (χ4n) is 2.00. The molecule has 0 heterocycles. The van der Waals surface area contributed by atoms with Crippen molar-refractivity contribution in [2.24, 2.45) is 0 Å². The molecular formula is C12H29O7P2S+. The van der Waals surface area contributed by atoms with Crippen LogP contribution in [0.2, 0.25) is 0 Å². The largest absolute Gasteiger partial charge is 0.369 e. The highest BCUT2D eigenvalue weighted by Crippen LogP contribution is 2.68. The topological polar surface area (TPSA) is 135 Å². The van der Waals surface area contributed by atoms with E-state index in [1.165, 1.54) is 19.3 Å². The van der Waals surface area contributed by atoms with Crippen molar-refractivity contribution in [3.8, 4) is 0 Å². The van der Waals surface area contributed by atoms with E-state index in [4.69, 9.17) is 19.6 Å². The first-order valence-electron chi connectivity index (χ1n) is 7.38. The van der Waals surface area contributed by atoms with Crippen LogP contribution in [0, 0.1) is 0 Å². The summed E-state index contributed by atoms with van der Waals surface area (Å²) in [5.41, 5.74) is 0. The Bertz CT molecular complexity index is 384. The van der Waals surface area contributed by atoms with Gasteiger partial charge in [0.05, 0.1) is 6.26 Å². The summed E-state index contributed by atoms with van der Waals surface area (Å²) in [6.45, 7) is 2.15. The molecule has 0 aromatic carbocycles.